The SMILES string of the molecule is O=C(O)[C@H](Cc1ccc(-n2c([C@@H]3CCCN3)nc3cccnc32)cc1)NC1=C(Br)C(=O)C12CCCCC2. The Hall–Kier alpha value is -3.04. The molecule has 0 amide bonds. The fourth-order valence-electron chi connectivity index (χ4n) is 6.13. The van der Waals surface area contributed by atoms with E-state index in [4.69, 9.17) is 4.98 Å². The lowest BCUT2D eigenvalue weighted by molar-refractivity contribution is -0.140. The Bertz CT molecular complexity index is 1380. The second-order valence-electron chi connectivity index (χ2n) is 10.4. The molecule has 0 radical (unpaired) electrons. The molecule has 3 aliphatic rings. The number of aliphatic carboxylic acids is 1. The van der Waals surface area contributed by atoms with Gasteiger partial charge in [-0.2, -0.15) is 0 Å². The van der Waals surface area contributed by atoms with Crippen molar-refractivity contribution in [2.45, 2.75) is 63.5 Å². The van der Waals surface area contributed by atoms with E-state index < -0.39 is 17.4 Å². The summed E-state index contributed by atoms with van der Waals surface area (Å²) in [4.78, 5) is 34.4. The Kier molecular flexibility index (Phi) is 6.36. The van der Waals surface area contributed by atoms with Crippen LogP contribution in [0.25, 0.3) is 16.9 Å². The highest BCUT2D eigenvalue weighted by atomic mass is 79.9. The average molecular weight is 564 g/mol. The zero-order chi connectivity index (χ0) is 25.6. The molecule has 0 bridgehead atoms. The Morgan fingerprint density at radius 1 is 1.19 bits per heavy atom. The van der Waals surface area contributed by atoms with Gasteiger partial charge in [-0.1, -0.05) is 31.4 Å². The molecule has 3 heterocycles. The van der Waals surface area contributed by atoms with Crippen molar-refractivity contribution in [3.8, 4) is 5.69 Å². The minimum Gasteiger partial charge on any atom is -0.480 e. The summed E-state index contributed by atoms with van der Waals surface area (Å²) in [5.41, 5.74) is 3.76. The maximum absolute atomic E-state index is 12.7. The maximum Gasteiger partial charge on any atom is 0.326 e. The molecule has 0 unspecified atom stereocenters. The van der Waals surface area contributed by atoms with Gasteiger partial charge in [-0.15, -0.1) is 0 Å². The molecule has 1 saturated heterocycles. The number of halogens is 1. The second kappa shape index (κ2) is 9.68. The van der Waals surface area contributed by atoms with E-state index >= 15 is 0 Å². The van der Waals surface area contributed by atoms with Gasteiger partial charge in [-0.25, -0.2) is 14.8 Å². The van der Waals surface area contributed by atoms with Gasteiger partial charge in [0.1, 0.15) is 17.4 Å². The molecule has 2 atom stereocenters. The monoisotopic (exact) mass is 563 g/mol. The predicted molar refractivity (Wildman–Crippen MR) is 144 cm³/mol. The van der Waals surface area contributed by atoms with E-state index in [2.05, 4.69) is 36.1 Å². The summed E-state index contributed by atoms with van der Waals surface area (Å²) in [7, 11) is 0. The molecule has 2 fully saturated rings. The number of carbonyl (C=O) groups excluding carboxylic acids is 1. The fraction of sp³-hybridized carbons (Fsp3) is 0.429. The normalized spacial score (nSPS) is 21.9. The molecule has 1 saturated carbocycles. The summed E-state index contributed by atoms with van der Waals surface area (Å²) < 4.78 is 2.60. The molecule has 192 valence electrons. The van der Waals surface area contributed by atoms with E-state index in [0.717, 1.165) is 85.4 Å². The van der Waals surface area contributed by atoms with E-state index in [1.807, 2.05) is 36.4 Å². The number of nitrogens with one attached hydrogen (secondary N) is 2. The number of Topliss-reactive ketones (excluding diaryl/α,β-unsaturated/α-hetero) is 1. The van der Waals surface area contributed by atoms with Gasteiger partial charge in [0.25, 0.3) is 0 Å². The topological polar surface area (TPSA) is 109 Å². The number of ketones is 1. The van der Waals surface area contributed by atoms with Crippen molar-refractivity contribution in [2.24, 2.45) is 5.41 Å². The number of carboxylic acids is 1. The van der Waals surface area contributed by atoms with Crippen molar-refractivity contribution in [3.05, 3.63) is 64.2 Å². The zero-order valence-corrected chi connectivity index (χ0v) is 22.1. The molecule has 2 aromatic heterocycles. The van der Waals surface area contributed by atoms with Crippen molar-refractivity contribution in [2.75, 3.05) is 6.54 Å². The molecule has 3 aromatic rings. The molecule has 9 heteroatoms. The summed E-state index contributed by atoms with van der Waals surface area (Å²) in [6.45, 7) is 0.975. The summed E-state index contributed by atoms with van der Waals surface area (Å²) in [5.74, 6) is 0.131. The minimum atomic E-state index is -0.929. The minimum absolute atomic E-state index is 0.108. The van der Waals surface area contributed by atoms with Crippen LogP contribution in [0.4, 0.5) is 0 Å². The first kappa shape index (κ1) is 24.3. The highest BCUT2D eigenvalue weighted by Gasteiger charge is 2.53. The number of hydrogen-bond donors (Lipinski definition) is 3. The summed E-state index contributed by atoms with van der Waals surface area (Å²) in [6.07, 6.45) is 8.91. The van der Waals surface area contributed by atoms with Crippen LogP contribution < -0.4 is 10.6 Å². The van der Waals surface area contributed by atoms with Crippen molar-refractivity contribution in [3.63, 3.8) is 0 Å². The molecule has 6 rings (SSSR count). The number of pyridine rings is 1. The molecule has 1 aliphatic heterocycles. The van der Waals surface area contributed by atoms with Crippen LogP contribution in [-0.4, -0.2) is 44.0 Å². The van der Waals surface area contributed by atoms with Crippen LogP contribution in [0, 0.1) is 5.41 Å². The van der Waals surface area contributed by atoms with Gasteiger partial charge in [0, 0.05) is 24.0 Å². The lowest BCUT2D eigenvalue weighted by Gasteiger charge is -2.46. The molecule has 1 aromatic carbocycles. The summed E-state index contributed by atoms with van der Waals surface area (Å²) in [6, 6.07) is 11.2. The highest BCUT2D eigenvalue weighted by Crippen LogP contribution is 2.53. The van der Waals surface area contributed by atoms with Crippen molar-refractivity contribution in [1.82, 2.24) is 25.2 Å². The molecule has 1 spiro atoms. The standard InChI is InChI=1S/C28H30BrN5O3/c29-22-23(28(24(22)35)12-2-1-3-13-28)32-21(27(36)37)16-17-8-10-18(11-9-17)34-25-20(7-5-15-31-25)33-26(34)19-6-4-14-30-19/h5,7-11,15,19,21,30,32H,1-4,6,12-14,16H2,(H,36,37)/t19-,21-/m0/s1. The van der Waals surface area contributed by atoms with Gasteiger partial charge in [0.2, 0.25) is 0 Å². The molecule has 37 heavy (non-hydrogen) atoms. The number of allylic oxidation sites excluding steroid dienone is 2. The van der Waals surface area contributed by atoms with Gasteiger partial charge < -0.3 is 15.7 Å². The molecular formula is C28H30BrN5O3. The third-order valence-corrected chi connectivity index (χ3v) is 8.86. The van der Waals surface area contributed by atoms with E-state index in [1.54, 1.807) is 6.20 Å². The molecule has 8 nitrogen and oxygen atoms in total. The Morgan fingerprint density at radius 2 is 1.97 bits per heavy atom. The smallest absolute Gasteiger partial charge is 0.326 e. The van der Waals surface area contributed by atoms with E-state index in [-0.39, 0.29) is 11.8 Å². The first-order valence-electron chi connectivity index (χ1n) is 13.1. The number of aromatic nitrogens is 3. The third-order valence-electron chi connectivity index (χ3n) is 8.10. The van der Waals surface area contributed by atoms with Gasteiger partial charge in [-0.05, 0) is 78.0 Å². The fourth-order valence-corrected chi connectivity index (χ4v) is 7.01. The second-order valence-corrected chi connectivity index (χ2v) is 11.2. The van der Waals surface area contributed by atoms with E-state index in [0.29, 0.717) is 10.9 Å². The van der Waals surface area contributed by atoms with Crippen LogP contribution in [0.5, 0.6) is 0 Å². The maximum atomic E-state index is 12.7. The van der Waals surface area contributed by atoms with Crippen molar-refractivity contribution in [1.29, 1.82) is 0 Å². The van der Waals surface area contributed by atoms with Gasteiger partial charge >= 0.3 is 5.97 Å². The van der Waals surface area contributed by atoms with Crippen LogP contribution in [-0.2, 0) is 16.0 Å². The number of benzene rings is 1. The number of nitrogens with zero attached hydrogens (tertiary/aromatic N) is 3. The van der Waals surface area contributed by atoms with Gasteiger partial charge in [-0.3, -0.25) is 9.36 Å². The highest BCUT2D eigenvalue weighted by molar-refractivity contribution is 9.12. The number of carbonyl (C=O) groups is 2. The average Bonchev–Trinajstić information content (AvgIpc) is 3.59. The Labute approximate surface area is 223 Å². The lowest BCUT2D eigenvalue weighted by atomic mass is 9.62. The molecule has 3 N–H and O–H groups in total. The first-order chi connectivity index (χ1) is 18.0. The van der Waals surface area contributed by atoms with E-state index in [9.17, 15) is 14.7 Å². The first-order valence-corrected chi connectivity index (χ1v) is 13.9. The third kappa shape index (κ3) is 4.18. The van der Waals surface area contributed by atoms with Crippen LogP contribution in [0.1, 0.15) is 62.4 Å². The van der Waals surface area contributed by atoms with Crippen LogP contribution in [0.2, 0.25) is 0 Å². The Morgan fingerprint density at radius 3 is 2.68 bits per heavy atom. The number of hydrogen-bond acceptors (Lipinski definition) is 6. The largest absolute Gasteiger partial charge is 0.480 e. The number of rotatable bonds is 7. The van der Waals surface area contributed by atoms with Gasteiger partial charge in [0.05, 0.1) is 15.9 Å². The molecule has 2 aliphatic carbocycles. The quantitative estimate of drug-likeness (QED) is 0.386. The van der Waals surface area contributed by atoms with Crippen LogP contribution in [0.15, 0.2) is 52.8 Å². The number of imidazole rings is 1. The number of carboxylic acid groups (broad SMARTS) is 1. The van der Waals surface area contributed by atoms with E-state index in [1.165, 1.54) is 0 Å². The van der Waals surface area contributed by atoms with Crippen LogP contribution in [0.3, 0.4) is 0 Å². The van der Waals surface area contributed by atoms with Crippen LogP contribution >= 0.6 is 15.9 Å². The summed E-state index contributed by atoms with van der Waals surface area (Å²) in [5, 5.41) is 16.8. The lowest BCUT2D eigenvalue weighted by Crippen LogP contribution is -2.53. The molecular weight excluding hydrogens is 534 g/mol. The van der Waals surface area contributed by atoms with Crippen molar-refractivity contribution < 1.29 is 14.7 Å². The predicted octanol–water partition coefficient (Wildman–Crippen LogP) is 4.57. The Balaban J connectivity index is 1.26. The zero-order valence-electron chi connectivity index (χ0n) is 20.5. The van der Waals surface area contributed by atoms with Gasteiger partial charge in [0.15, 0.2) is 11.4 Å². The number of fused-ring (bicyclic) bond motifs is 1. The van der Waals surface area contributed by atoms with Crippen molar-refractivity contribution >= 4 is 38.8 Å². The summed E-state index contributed by atoms with van der Waals surface area (Å²) >= 11 is 3.41.